The van der Waals surface area contributed by atoms with Gasteiger partial charge in [0.25, 0.3) is 0 Å². The van der Waals surface area contributed by atoms with Crippen LogP contribution in [-0.4, -0.2) is 19.2 Å². The normalized spacial score (nSPS) is 12.6. The fourth-order valence-electron chi connectivity index (χ4n) is 3.09. The number of carbonyl (C=O) groups excluding carboxylic acids is 1. The average Bonchev–Trinajstić information content (AvgIpc) is 2.59. The molecule has 0 spiro atoms. The van der Waals surface area contributed by atoms with Gasteiger partial charge in [0.1, 0.15) is 11.3 Å². The summed E-state index contributed by atoms with van der Waals surface area (Å²) in [6, 6.07) is 5.36. The SMILES string of the molecule is COC(=O)[C@@H](CC(C)C)Oc1ccc2c(C)c(CCC(C)C)c(=O)oc2c1. The number of aryl methyl sites for hydroxylation is 1. The maximum absolute atomic E-state index is 12.4. The molecule has 0 bridgehead atoms. The molecule has 1 heterocycles. The van der Waals surface area contributed by atoms with Crippen LogP contribution in [0.15, 0.2) is 27.4 Å². The molecule has 2 rings (SSSR count). The van der Waals surface area contributed by atoms with Crippen molar-refractivity contribution in [3.63, 3.8) is 0 Å². The maximum atomic E-state index is 12.4. The van der Waals surface area contributed by atoms with Crippen molar-refractivity contribution in [3.8, 4) is 5.75 Å². The second kappa shape index (κ2) is 9.07. The Kier molecular flexibility index (Phi) is 7.05. The maximum Gasteiger partial charge on any atom is 0.347 e. The standard InChI is InChI=1S/C22H30O5/c1-13(2)7-9-18-15(5)17-10-8-16(12-19(17)27-21(18)23)26-20(11-14(3)4)22(24)25-6/h8,10,12-14,20H,7,9,11H2,1-6H3/t20-/m1/s1. The summed E-state index contributed by atoms with van der Waals surface area (Å²) in [6.45, 7) is 10.3. The summed E-state index contributed by atoms with van der Waals surface area (Å²) < 4.78 is 16.2. The van der Waals surface area contributed by atoms with E-state index in [1.807, 2.05) is 26.8 Å². The number of carbonyl (C=O) groups is 1. The Morgan fingerprint density at radius 1 is 1.15 bits per heavy atom. The summed E-state index contributed by atoms with van der Waals surface area (Å²) in [4.78, 5) is 24.4. The quantitative estimate of drug-likeness (QED) is 0.497. The Bertz CT molecular complexity index is 848. The number of methoxy groups -OCH3 is 1. The summed E-state index contributed by atoms with van der Waals surface area (Å²) in [5, 5.41) is 0.888. The van der Waals surface area contributed by atoms with Gasteiger partial charge in [0, 0.05) is 17.0 Å². The summed E-state index contributed by atoms with van der Waals surface area (Å²) in [5.74, 6) is 0.867. The molecule has 0 N–H and O–H groups in total. The molecule has 0 aliphatic heterocycles. The molecule has 0 saturated carbocycles. The van der Waals surface area contributed by atoms with Gasteiger partial charge < -0.3 is 13.9 Å². The van der Waals surface area contributed by atoms with Crippen LogP contribution in [0, 0.1) is 18.8 Å². The fourth-order valence-corrected chi connectivity index (χ4v) is 3.09. The van der Waals surface area contributed by atoms with Gasteiger partial charge in [0.2, 0.25) is 0 Å². The molecular formula is C22H30O5. The van der Waals surface area contributed by atoms with Crippen molar-refractivity contribution in [3.05, 3.63) is 39.7 Å². The van der Waals surface area contributed by atoms with Crippen molar-refractivity contribution < 1.29 is 18.7 Å². The van der Waals surface area contributed by atoms with Gasteiger partial charge in [0.15, 0.2) is 6.10 Å². The number of fused-ring (bicyclic) bond motifs is 1. The van der Waals surface area contributed by atoms with Crippen molar-refractivity contribution >= 4 is 16.9 Å². The first-order valence-corrected chi connectivity index (χ1v) is 9.53. The molecule has 2 aromatic rings. The van der Waals surface area contributed by atoms with Crippen LogP contribution in [0.4, 0.5) is 0 Å². The highest BCUT2D eigenvalue weighted by Gasteiger charge is 2.23. The van der Waals surface area contributed by atoms with Crippen LogP contribution in [-0.2, 0) is 16.0 Å². The number of ether oxygens (including phenoxy) is 2. The van der Waals surface area contributed by atoms with Gasteiger partial charge >= 0.3 is 11.6 Å². The molecule has 0 radical (unpaired) electrons. The van der Waals surface area contributed by atoms with Crippen LogP contribution in [0.5, 0.6) is 5.75 Å². The van der Waals surface area contributed by atoms with Gasteiger partial charge in [-0.2, -0.15) is 0 Å². The van der Waals surface area contributed by atoms with Crippen LogP contribution in [0.25, 0.3) is 11.0 Å². The first kappa shape index (κ1) is 21.0. The Labute approximate surface area is 160 Å². The van der Waals surface area contributed by atoms with Crippen molar-refractivity contribution in [2.45, 2.75) is 60.0 Å². The van der Waals surface area contributed by atoms with E-state index in [1.165, 1.54) is 7.11 Å². The van der Waals surface area contributed by atoms with Crippen LogP contribution >= 0.6 is 0 Å². The van der Waals surface area contributed by atoms with E-state index in [0.29, 0.717) is 30.1 Å². The summed E-state index contributed by atoms with van der Waals surface area (Å²) in [5.41, 5.74) is 1.85. The van der Waals surface area contributed by atoms with Crippen molar-refractivity contribution in [1.29, 1.82) is 0 Å². The third-order valence-corrected chi connectivity index (χ3v) is 4.66. The zero-order chi connectivity index (χ0) is 20.1. The van der Waals surface area contributed by atoms with E-state index in [2.05, 4.69) is 13.8 Å². The number of esters is 1. The predicted octanol–water partition coefficient (Wildman–Crippen LogP) is 4.66. The molecule has 5 nitrogen and oxygen atoms in total. The van der Waals surface area contributed by atoms with Crippen LogP contribution in [0.3, 0.4) is 0 Å². The fraction of sp³-hybridized carbons (Fsp3) is 0.545. The Balaban J connectivity index is 2.35. The average molecular weight is 374 g/mol. The van der Waals surface area contributed by atoms with Gasteiger partial charge in [-0.05, 0) is 55.7 Å². The lowest BCUT2D eigenvalue weighted by Crippen LogP contribution is -2.30. The monoisotopic (exact) mass is 374 g/mol. The van der Waals surface area contributed by atoms with E-state index in [1.54, 1.807) is 12.1 Å². The van der Waals surface area contributed by atoms with E-state index in [0.717, 1.165) is 22.9 Å². The van der Waals surface area contributed by atoms with E-state index in [9.17, 15) is 9.59 Å². The zero-order valence-electron chi connectivity index (χ0n) is 17.1. The van der Waals surface area contributed by atoms with Gasteiger partial charge in [-0.15, -0.1) is 0 Å². The molecule has 0 unspecified atom stereocenters. The highest BCUT2D eigenvalue weighted by molar-refractivity contribution is 5.82. The zero-order valence-corrected chi connectivity index (χ0v) is 17.1. The second-order valence-corrected chi connectivity index (χ2v) is 7.84. The minimum Gasteiger partial charge on any atom is -0.479 e. The molecule has 1 atom stereocenters. The van der Waals surface area contributed by atoms with Crippen LogP contribution in [0.1, 0.15) is 51.7 Å². The third kappa shape index (κ3) is 5.34. The molecular weight excluding hydrogens is 344 g/mol. The number of benzene rings is 1. The Morgan fingerprint density at radius 2 is 1.85 bits per heavy atom. The van der Waals surface area contributed by atoms with Gasteiger partial charge in [-0.1, -0.05) is 27.7 Å². The lowest BCUT2D eigenvalue weighted by molar-refractivity contribution is -0.149. The van der Waals surface area contributed by atoms with E-state index >= 15 is 0 Å². The number of hydrogen-bond donors (Lipinski definition) is 0. The molecule has 148 valence electrons. The molecule has 0 fully saturated rings. The molecule has 27 heavy (non-hydrogen) atoms. The molecule has 5 heteroatoms. The molecule has 0 aliphatic rings. The summed E-state index contributed by atoms with van der Waals surface area (Å²) in [6.07, 6.45) is 1.50. The van der Waals surface area contributed by atoms with Crippen LogP contribution < -0.4 is 10.4 Å². The van der Waals surface area contributed by atoms with Gasteiger partial charge in [-0.3, -0.25) is 0 Å². The first-order valence-electron chi connectivity index (χ1n) is 9.53. The largest absolute Gasteiger partial charge is 0.479 e. The lowest BCUT2D eigenvalue weighted by Gasteiger charge is -2.19. The van der Waals surface area contributed by atoms with E-state index < -0.39 is 12.1 Å². The van der Waals surface area contributed by atoms with Gasteiger partial charge in [0.05, 0.1) is 7.11 Å². The molecule has 1 aromatic heterocycles. The van der Waals surface area contributed by atoms with Gasteiger partial charge in [-0.25, -0.2) is 9.59 Å². The molecule has 0 aliphatic carbocycles. The van der Waals surface area contributed by atoms with Crippen molar-refractivity contribution in [2.75, 3.05) is 7.11 Å². The minimum absolute atomic E-state index is 0.276. The van der Waals surface area contributed by atoms with Crippen LogP contribution in [0.2, 0.25) is 0 Å². The third-order valence-electron chi connectivity index (χ3n) is 4.66. The highest BCUT2D eigenvalue weighted by Crippen LogP contribution is 2.26. The molecule has 0 amide bonds. The number of hydrogen-bond acceptors (Lipinski definition) is 5. The summed E-state index contributed by atoms with van der Waals surface area (Å²) >= 11 is 0. The van der Waals surface area contributed by atoms with E-state index in [-0.39, 0.29) is 11.5 Å². The predicted molar refractivity (Wildman–Crippen MR) is 106 cm³/mol. The Hall–Kier alpha value is -2.30. The first-order chi connectivity index (χ1) is 12.7. The highest BCUT2D eigenvalue weighted by atomic mass is 16.6. The van der Waals surface area contributed by atoms with E-state index in [4.69, 9.17) is 13.9 Å². The molecule has 1 aromatic carbocycles. The lowest BCUT2D eigenvalue weighted by atomic mass is 9.98. The Morgan fingerprint density at radius 3 is 2.44 bits per heavy atom. The van der Waals surface area contributed by atoms with Crippen molar-refractivity contribution in [1.82, 2.24) is 0 Å². The summed E-state index contributed by atoms with van der Waals surface area (Å²) in [7, 11) is 1.35. The number of rotatable bonds is 8. The topological polar surface area (TPSA) is 65.7 Å². The smallest absolute Gasteiger partial charge is 0.347 e. The molecule has 0 saturated heterocycles. The minimum atomic E-state index is -0.689. The van der Waals surface area contributed by atoms with Crippen molar-refractivity contribution in [2.24, 2.45) is 11.8 Å². The second-order valence-electron chi connectivity index (χ2n) is 7.84.